The van der Waals surface area contributed by atoms with Crippen molar-refractivity contribution < 1.29 is 13.9 Å². The number of halogens is 2. The van der Waals surface area contributed by atoms with Gasteiger partial charge in [0.05, 0.1) is 6.61 Å². The molecule has 8 heteroatoms. The third kappa shape index (κ3) is 6.02. The Kier molecular flexibility index (Phi) is 8.95. The van der Waals surface area contributed by atoms with Crippen molar-refractivity contribution >= 4 is 36.0 Å². The van der Waals surface area contributed by atoms with Crippen LogP contribution in [0.2, 0.25) is 0 Å². The third-order valence-corrected chi connectivity index (χ3v) is 3.99. The summed E-state index contributed by atoms with van der Waals surface area (Å²) < 4.78 is 18.3. The van der Waals surface area contributed by atoms with Crippen LogP contribution in [0.1, 0.15) is 18.1 Å². The predicted octanol–water partition coefficient (Wildman–Crippen LogP) is 2.60. The minimum atomic E-state index is -0.262. The zero-order valence-electron chi connectivity index (χ0n) is 14.9. The van der Waals surface area contributed by atoms with Crippen molar-refractivity contribution in [2.75, 3.05) is 39.8 Å². The minimum Gasteiger partial charge on any atom is -0.450 e. The Morgan fingerprint density at radius 3 is 2.48 bits per heavy atom. The molecule has 140 valence electrons. The summed E-state index contributed by atoms with van der Waals surface area (Å²) in [5.74, 6) is 0.582. The molecule has 1 aromatic carbocycles. The molecule has 6 nitrogen and oxygen atoms in total. The predicted molar refractivity (Wildman–Crippen MR) is 107 cm³/mol. The first-order chi connectivity index (χ1) is 11.5. The van der Waals surface area contributed by atoms with Crippen LogP contribution in [0.3, 0.4) is 0 Å². The van der Waals surface area contributed by atoms with Gasteiger partial charge in [0.25, 0.3) is 0 Å². The first-order valence-corrected chi connectivity index (χ1v) is 8.17. The normalized spacial score (nSPS) is 14.8. The van der Waals surface area contributed by atoms with Crippen LogP contribution in [0.25, 0.3) is 0 Å². The van der Waals surface area contributed by atoms with E-state index in [1.165, 1.54) is 6.07 Å². The van der Waals surface area contributed by atoms with Gasteiger partial charge in [-0.2, -0.15) is 0 Å². The minimum absolute atomic E-state index is 0. The molecule has 1 aromatic rings. The molecule has 1 aliphatic heterocycles. The maximum atomic E-state index is 13.3. The lowest BCUT2D eigenvalue weighted by atomic mass is 10.1. The number of piperazine rings is 1. The number of hydrogen-bond acceptors (Lipinski definition) is 3. The third-order valence-electron chi connectivity index (χ3n) is 3.99. The molecule has 1 amide bonds. The number of hydrogen-bond donors (Lipinski definition) is 1. The molecule has 0 saturated carbocycles. The molecule has 1 aliphatic rings. The fourth-order valence-electron chi connectivity index (χ4n) is 2.65. The highest BCUT2D eigenvalue weighted by molar-refractivity contribution is 14.0. The Balaban J connectivity index is 0.00000312. The number of nitrogens with one attached hydrogen (secondary N) is 1. The number of rotatable bonds is 3. The van der Waals surface area contributed by atoms with E-state index in [-0.39, 0.29) is 35.9 Å². The van der Waals surface area contributed by atoms with Gasteiger partial charge in [-0.3, -0.25) is 4.99 Å². The molecule has 0 aromatic heterocycles. The van der Waals surface area contributed by atoms with Crippen LogP contribution >= 0.6 is 24.0 Å². The van der Waals surface area contributed by atoms with Gasteiger partial charge in [-0.1, -0.05) is 12.1 Å². The van der Waals surface area contributed by atoms with Crippen molar-refractivity contribution in [3.8, 4) is 0 Å². The van der Waals surface area contributed by atoms with Crippen LogP contribution in [0.5, 0.6) is 0 Å². The molecule has 1 heterocycles. The van der Waals surface area contributed by atoms with Gasteiger partial charge >= 0.3 is 6.09 Å². The summed E-state index contributed by atoms with van der Waals surface area (Å²) in [6, 6.07) is 5.07. The quantitative estimate of drug-likeness (QED) is 0.425. The van der Waals surface area contributed by atoms with Gasteiger partial charge in [-0.25, -0.2) is 9.18 Å². The van der Waals surface area contributed by atoms with E-state index in [1.807, 2.05) is 6.07 Å². The summed E-state index contributed by atoms with van der Waals surface area (Å²) in [5, 5.41) is 3.29. The average molecular weight is 464 g/mol. The molecular weight excluding hydrogens is 438 g/mol. The fraction of sp³-hybridized carbons (Fsp3) is 0.529. The smallest absolute Gasteiger partial charge is 0.409 e. The van der Waals surface area contributed by atoms with Gasteiger partial charge in [0, 0.05) is 39.8 Å². The van der Waals surface area contributed by atoms with E-state index in [1.54, 1.807) is 31.9 Å². The number of ether oxygens (including phenoxy) is 1. The molecule has 1 fully saturated rings. The molecule has 0 aliphatic carbocycles. The van der Waals surface area contributed by atoms with Crippen LogP contribution in [-0.4, -0.2) is 61.7 Å². The van der Waals surface area contributed by atoms with E-state index >= 15 is 0 Å². The van der Waals surface area contributed by atoms with Crippen molar-refractivity contribution in [2.24, 2.45) is 4.99 Å². The summed E-state index contributed by atoms with van der Waals surface area (Å²) in [4.78, 5) is 19.8. The number of guanidine groups is 1. The fourth-order valence-corrected chi connectivity index (χ4v) is 2.65. The largest absolute Gasteiger partial charge is 0.450 e. The second kappa shape index (κ2) is 10.4. The lowest BCUT2D eigenvalue weighted by molar-refractivity contribution is 0.0914. The van der Waals surface area contributed by atoms with Crippen LogP contribution in [0.15, 0.2) is 23.2 Å². The van der Waals surface area contributed by atoms with E-state index < -0.39 is 0 Å². The summed E-state index contributed by atoms with van der Waals surface area (Å²) >= 11 is 0. The van der Waals surface area contributed by atoms with E-state index in [0.29, 0.717) is 44.9 Å². The molecular formula is C17H26FIN4O2. The Bertz CT molecular complexity index is 604. The van der Waals surface area contributed by atoms with Crippen molar-refractivity contribution in [2.45, 2.75) is 20.4 Å². The van der Waals surface area contributed by atoms with Gasteiger partial charge in [0.15, 0.2) is 5.96 Å². The van der Waals surface area contributed by atoms with E-state index in [4.69, 9.17) is 4.74 Å². The zero-order chi connectivity index (χ0) is 17.5. The van der Waals surface area contributed by atoms with Gasteiger partial charge < -0.3 is 19.9 Å². The topological polar surface area (TPSA) is 57.2 Å². The lowest BCUT2D eigenvalue weighted by Gasteiger charge is -2.35. The molecule has 25 heavy (non-hydrogen) atoms. The van der Waals surface area contributed by atoms with Crippen LogP contribution in [-0.2, 0) is 11.3 Å². The number of aliphatic imine (C=N–C) groups is 1. The molecule has 0 unspecified atom stereocenters. The van der Waals surface area contributed by atoms with Gasteiger partial charge in [0.2, 0.25) is 0 Å². The Morgan fingerprint density at radius 2 is 1.92 bits per heavy atom. The summed E-state index contributed by atoms with van der Waals surface area (Å²) in [7, 11) is 1.73. The van der Waals surface area contributed by atoms with Crippen LogP contribution in [0, 0.1) is 12.7 Å². The number of aryl methyl sites for hydroxylation is 1. The number of carbonyl (C=O) groups excluding carboxylic acids is 1. The van der Waals surface area contributed by atoms with E-state index in [0.717, 1.165) is 11.5 Å². The highest BCUT2D eigenvalue weighted by Crippen LogP contribution is 2.10. The molecule has 0 atom stereocenters. The number of nitrogens with zero attached hydrogens (tertiary/aromatic N) is 3. The summed E-state index contributed by atoms with van der Waals surface area (Å²) in [5.41, 5.74) is 1.63. The van der Waals surface area contributed by atoms with E-state index in [9.17, 15) is 9.18 Å². The molecule has 1 saturated heterocycles. The van der Waals surface area contributed by atoms with E-state index in [2.05, 4.69) is 15.2 Å². The molecule has 2 rings (SSSR count). The number of benzene rings is 1. The standard InChI is InChI=1S/C17H25FN4O2.HI/c1-4-24-17(23)22-9-7-21(8-10-22)16(19-3)20-12-14-5-6-15(18)13(2)11-14;/h5-6,11H,4,7-10,12H2,1-3H3,(H,19,20);1H. The van der Waals surface area contributed by atoms with Crippen LogP contribution in [0.4, 0.5) is 9.18 Å². The molecule has 0 spiro atoms. The van der Waals surface area contributed by atoms with Gasteiger partial charge in [0.1, 0.15) is 5.82 Å². The Hall–Kier alpha value is -1.58. The molecule has 0 bridgehead atoms. The zero-order valence-corrected chi connectivity index (χ0v) is 17.2. The van der Waals surface area contributed by atoms with Crippen molar-refractivity contribution in [3.05, 3.63) is 35.1 Å². The second-order valence-corrected chi connectivity index (χ2v) is 5.66. The lowest BCUT2D eigenvalue weighted by Crippen LogP contribution is -2.53. The van der Waals surface area contributed by atoms with Gasteiger partial charge in [-0.15, -0.1) is 24.0 Å². The van der Waals surface area contributed by atoms with Gasteiger partial charge in [-0.05, 0) is 31.0 Å². The number of carbonyl (C=O) groups is 1. The SMILES string of the molecule is CCOC(=O)N1CCN(C(=NC)NCc2ccc(F)c(C)c2)CC1.I. The molecule has 1 N–H and O–H groups in total. The van der Waals surface area contributed by atoms with Crippen molar-refractivity contribution in [3.63, 3.8) is 0 Å². The van der Waals surface area contributed by atoms with Crippen LogP contribution < -0.4 is 5.32 Å². The summed E-state index contributed by atoms with van der Waals surface area (Å²) in [6.07, 6.45) is -0.262. The first-order valence-electron chi connectivity index (χ1n) is 8.17. The highest BCUT2D eigenvalue weighted by Gasteiger charge is 2.23. The van der Waals surface area contributed by atoms with Crippen molar-refractivity contribution in [1.29, 1.82) is 0 Å². The highest BCUT2D eigenvalue weighted by atomic mass is 127. The Labute approximate surface area is 165 Å². The maximum absolute atomic E-state index is 13.3. The average Bonchev–Trinajstić information content (AvgIpc) is 2.59. The van der Waals surface area contributed by atoms with Crippen molar-refractivity contribution in [1.82, 2.24) is 15.1 Å². The number of amides is 1. The first kappa shape index (κ1) is 21.5. The second-order valence-electron chi connectivity index (χ2n) is 5.66. The molecule has 0 radical (unpaired) electrons. The Morgan fingerprint density at radius 1 is 1.28 bits per heavy atom. The monoisotopic (exact) mass is 464 g/mol. The maximum Gasteiger partial charge on any atom is 0.409 e. The summed E-state index contributed by atoms with van der Waals surface area (Å²) in [6.45, 7) is 7.12.